The van der Waals surface area contributed by atoms with Gasteiger partial charge in [-0.2, -0.15) is 0 Å². The van der Waals surface area contributed by atoms with E-state index in [1.807, 2.05) is 18.2 Å². The summed E-state index contributed by atoms with van der Waals surface area (Å²) >= 11 is 0. The number of amides is 1. The summed E-state index contributed by atoms with van der Waals surface area (Å²) in [7, 11) is 0. The Morgan fingerprint density at radius 2 is 1.05 bits per heavy atom. The Labute approximate surface area is 366 Å². The second kappa shape index (κ2) is 40.7. The van der Waals surface area contributed by atoms with Crippen LogP contribution in [0.3, 0.4) is 0 Å². The number of aliphatic hydroxyl groups excluding tert-OH is 5. The molecule has 0 spiro atoms. The fourth-order valence-electron chi connectivity index (χ4n) is 7.18. The van der Waals surface area contributed by atoms with Gasteiger partial charge in [-0.15, -0.1) is 0 Å². The predicted molar refractivity (Wildman–Crippen MR) is 249 cm³/mol. The molecular formula is C51H89NO8. The van der Waals surface area contributed by atoms with Crippen molar-refractivity contribution < 1.29 is 39.8 Å². The lowest BCUT2D eigenvalue weighted by Crippen LogP contribution is -2.60. The van der Waals surface area contributed by atoms with Crippen molar-refractivity contribution >= 4 is 5.91 Å². The van der Waals surface area contributed by atoms with Crippen LogP contribution in [0.15, 0.2) is 72.9 Å². The third kappa shape index (κ3) is 30.6. The van der Waals surface area contributed by atoms with Crippen molar-refractivity contribution in [2.45, 2.75) is 230 Å². The zero-order chi connectivity index (χ0) is 43.7. The molecule has 1 aliphatic heterocycles. The number of ether oxygens (including phenoxy) is 2. The zero-order valence-electron chi connectivity index (χ0n) is 37.9. The van der Waals surface area contributed by atoms with E-state index in [0.29, 0.717) is 6.42 Å². The van der Waals surface area contributed by atoms with Crippen LogP contribution in [-0.2, 0) is 14.3 Å². The van der Waals surface area contributed by atoms with Gasteiger partial charge in [0, 0.05) is 6.42 Å². The largest absolute Gasteiger partial charge is 0.394 e. The molecule has 346 valence electrons. The highest BCUT2D eigenvalue weighted by Crippen LogP contribution is 2.22. The van der Waals surface area contributed by atoms with E-state index in [0.717, 1.165) is 44.9 Å². The summed E-state index contributed by atoms with van der Waals surface area (Å²) < 4.78 is 11.2. The Kier molecular flexibility index (Phi) is 37.7. The maximum absolute atomic E-state index is 12.9. The second-order valence-electron chi connectivity index (χ2n) is 16.5. The molecule has 1 aliphatic rings. The van der Waals surface area contributed by atoms with Crippen LogP contribution in [-0.4, -0.2) is 87.5 Å². The molecule has 0 aliphatic carbocycles. The van der Waals surface area contributed by atoms with Crippen molar-refractivity contribution in [3.8, 4) is 0 Å². The Bertz CT molecular complexity index is 1160. The molecule has 1 heterocycles. The van der Waals surface area contributed by atoms with Gasteiger partial charge in [-0.25, -0.2) is 0 Å². The number of aliphatic hydroxyl groups is 5. The highest BCUT2D eigenvalue weighted by molar-refractivity contribution is 5.76. The van der Waals surface area contributed by atoms with E-state index in [2.05, 4.69) is 67.8 Å². The molecule has 1 amide bonds. The van der Waals surface area contributed by atoms with E-state index in [4.69, 9.17) is 9.47 Å². The Hall–Kier alpha value is -2.37. The topological polar surface area (TPSA) is 149 Å². The van der Waals surface area contributed by atoms with Crippen LogP contribution in [0, 0.1) is 0 Å². The summed E-state index contributed by atoms with van der Waals surface area (Å²) in [5.74, 6) is -0.269. The lowest BCUT2D eigenvalue weighted by molar-refractivity contribution is -0.302. The highest BCUT2D eigenvalue weighted by atomic mass is 16.7. The monoisotopic (exact) mass is 844 g/mol. The minimum atomic E-state index is -1.59. The van der Waals surface area contributed by atoms with Crippen LogP contribution in [0.25, 0.3) is 0 Å². The molecule has 9 heteroatoms. The van der Waals surface area contributed by atoms with Crippen molar-refractivity contribution in [2.75, 3.05) is 13.2 Å². The number of nitrogens with one attached hydrogen (secondary N) is 1. The minimum Gasteiger partial charge on any atom is -0.394 e. The number of allylic oxidation sites excluding steroid dienone is 11. The van der Waals surface area contributed by atoms with E-state index in [1.54, 1.807) is 6.08 Å². The molecule has 0 aromatic carbocycles. The summed E-state index contributed by atoms with van der Waals surface area (Å²) in [5.41, 5.74) is 0. The van der Waals surface area contributed by atoms with Gasteiger partial charge in [-0.05, 0) is 57.8 Å². The van der Waals surface area contributed by atoms with Crippen molar-refractivity contribution in [2.24, 2.45) is 0 Å². The average molecular weight is 844 g/mol. The van der Waals surface area contributed by atoms with Gasteiger partial charge in [0.15, 0.2) is 6.29 Å². The third-order valence-corrected chi connectivity index (χ3v) is 11.0. The molecule has 0 aromatic rings. The van der Waals surface area contributed by atoms with E-state index in [-0.39, 0.29) is 18.9 Å². The summed E-state index contributed by atoms with van der Waals surface area (Å²) in [6.07, 6.45) is 48.4. The number of hydrogen-bond donors (Lipinski definition) is 6. The van der Waals surface area contributed by atoms with Crippen molar-refractivity contribution in [3.63, 3.8) is 0 Å². The quantitative estimate of drug-likeness (QED) is 0.0265. The first kappa shape index (κ1) is 55.6. The number of hydrogen-bond acceptors (Lipinski definition) is 8. The van der Waals surface area contributed by atoms with Crippen LogP contribution in [0.1, 0.15) is 187 Å². The average Bonchev–Trinajstić information content (AvgIpc) is 3.25. The molecule has 9 nitrogen and oxygen atoms in total. The molecule has 7 unspecified atom stereocenters. The van der Waals surface area contributed by atoms with Crippen LogP contribution >= 0.6 is 0 Å². The molecule has 0 saturated carbocycles. The highest BCUT2D eigenvalue weighted by Gasteiger charge is 2.44. The van der Waals surface area contributed by atoms with E-state index < -0.39 is 49.5 Å². The van der Waals surface area contributed by atoms with E-state index in [1.165, 1.54) is 116 Å². The van der Waals surface area contributed by atoms with Crippen LogP contribution in [0.2, 0.25) is 0 Å². The third-order valence-electron chi connectivity index (χ3n) is 11.0. The Balaban J connectivity index is 2.35. The number of unbranched alkanes of at least 4 members (excludes halogenated alkanes) is 19. The summed E-state index contributed by atoms with van der Waals surface area (Å²) in [6, 6.07) is -0.862. The maximum atomic E-state index is 12.9. The SMILES string of the molecule is CC/C=C\C/C=C\C/C=C\C/C=C\CCC(=O)NC(COC1OC(CO)C(O)C(O)C1O)C(O)/C=C/CC/C=C/CCCCCCCCCCCCCCCCCCCC. The number of carbonyl (C=O) groups excluding carboxylic acids is 1. The molecule has 0 bridgehead atoms. The normalized spacial score (nSPS) is 21.2. The summed E-state index contributed by atoms with van der Waals surface area (Å²) in [4.78, 5) is 12.9. The molecule has 7 atom stereocenters. The molecular weight excluding hydrogens is 755 g/mol. The summed E-state index contributed by atoms with van der Waals surface area (Å²) in [5, 5.41) is 54.1. The smallest absolute Gasteiger partial charge is 0.220 e. The molecule has 1 saturated heterocycles. The van der Waals surface area contributed by atoms with E-state index in [9.17, 15) is 30.3 Å². The van der Waals surface area contributed by atoms with Gasteiger partial charge in [-0.3, -0.25) is 4.79 Å². The zero-order valence-corrected chi connectivity index (χ0v) is 37.9. The first-order valence-corrected chi connectivity index (χ1v) is 24.2. The Morgan fingerprint density at radius 3 is 1.58 bits per heavy atom. The number of rotatable bonds is 39. The first-order valence-electron chi connectivity index (χ1n) is 24.2. The predicted octanol–water partition coefficient (Wildman–Crippen LogP) is 10.6. The first-order chi connectivity index (χ1) is 29.3. The van der Waals surface area contributed by atoms with Crippen molar-refractivity contribution in [1.82, 2.24) is 5.32 Å². The van der Waals surface area contributed by atoms with Gasteiger partial charge in [-0.1, -0.05) is 196 Å². The molecule has 0 radical (unpaired) electrons. The van der Waals surface area contributed by atoms with Crippen molar-refractivity contribution in [3.05, 3.63) is 72.9 Å². The van der Waals surface area contributed by atoms with Crippen molar-refractivity contribution in [1.29, 1.82) is 0 Å². The standard InChI is InChI=1S/C51H89NO8/c1-3-5-7-9-11-13-15-17-18-19-20-21-22-23-24-25-26-27-29-30-32-34-36-38-40-45(54)44(43-59-51-50(58)49(57)48(56)46(42-53)60-51)52-47(55)41-39-37-35-33-31-28-16-14-12-10-8-6-4-2/h6,8,12,14,28,30-32,35,37-38,40,44-46,48-51,53-54,56-58H,3-5,7,9-11,13,15-27,29,33-34,36,39,41-43H2,1-2H3,(H,52,55)/b8-6-,14-12-,31-28-,32-30+,37-35-,40-38+. The minimum absolute atomic E-state index is 0.214. The lowest BCUT2D eigenvalue weighted by atomic mass is 9.99. The van der Waals surface area contributed by atoms with Gasteiger partial charge < -0.3 is 40.3 Å². The van der Waals surface area contributed by atoms with Crippen LogP contribution < -0.4 is 5.32 Å². The van der Waals surface area contributed by atoms with Gasteiger partial charge >= 0.3 is 0 Å². The maximum Gasteiger partial charge on any atom is 0.220 e. The molecule has 0 aromatic heterocycles. The molecule has 60 heavy (non-hydrogen) atoms. The van der Waals surface area contributed by atoms with Gasteiger partial charge in [0.1, 0.15) is 24.4 Å². The Morgan fingerprint density at radius 1 is 0.583 bits per heavy atom. The van der Waals surface area contributed by atoms with Crippen LogP contribution in [0.5, 0.6) is 0 Å². The lowest BCUT2D eigenvalue weighted by Gasteiger charge is -2.40. The number of carbonyl (C=O) groups is 1. The fraction of sp³-hybridized carbons (Fsp3) is 0.745. The van der Waals surface area contributed by atoms with Gasteiger partial charge in [0.2, 0.25) is 5.91 Å². The van der Waals surface area contributed by atoms with E-state index >= 15 is 0 Å². The second-order valence-corrected chi connectivity index (χ2v) is 16.5. The molecule has 6 N–H and O–H groups in total. The summed E-state index contributed by atoms with van der Waals surface area (Å²) in [6.45, 7) is 3.59. The fourth-order valence-corrected chi connectivity index (χ4v) is 7.18. The molecule has 1 rings (SSSR count). The molecule has 1 fully saturated rings. The van der Waals surface area contributed by atoms with Gasteiger partial charge in [0.25, 0.3) is 0 Å². The van der Waals surface area contributed by atoms with Crippen LogP contribution in [0.4, 0.5) is 0 Å². The van der Waals surface area contributed by atoms with Gasteiger partial charge in [0.05, 0.1) is 25.4 Å².